The largest absolute Gasteiger partial charge is 0.466 e. The molecule has 0 aromatic carbocycles. The fraction of sp³-hybridized carbons (Fsp3) is 0.938. The molecular weight excluding hydrogens is 238 g/mol. The predicted octanol–water partition coefficient (Wildman–Crippen LogP) is 3.23. The molecule has 0 N–H and O–H groups in total. The van der Waals surface area contributed by atoms with Crippen LogP contribution in [0.15, 0.2) is 0 Å². The van der Waals surface area contributed by atoms with Crippen molar-refractivity contribution in [3.05, 3.63) is 0 Å². The Morgan fingerprint density at radius 2 is 1.89 bits per heavy atom. The van der Waals surface area contributed by atoms with Gasteiger partial charge in [-0.3, -0.25) is 9.69 Å². The van der Waals surface area contributed by atoms with Gasteiger partial charge in [-0.05, 0) is 57.9 Å². The fourth-order valence-corrected chi connectivity index (χ4v) is 3.71. The van der Waals surface area contributed by atoms with E-state index >= 15 is 0 Å². The summed E-state index contributed by atoms with van der Waals surface area (Å²) in [5.74, 6) is 1.09. The second-order valence-corrected chi connectivity index (χ2v) is 6.17. The van der Waals surface area contributed by atoms with Crippen molar-refractivity contribution in [2.45, 2.75) is 64.8 Å². The molecule has 19 heavy (non-hydrogen) atoms. The number of carbonyl (C=O) groups excluding carboxylic acids is 1. The highest BCUT2D eigenvalue weighted by Crippen LogP contribution is 2.31. The molecule has 110 valence electrons. The summed E-state index contributed by atoms with van der Waals surface area (Å²) in [6.07, 6.45) is 8.90. The Hall–Kier alpha value is -0.570. The quantitative estimate of drug-likeness (QED) is 0.732. The third kappa shape index (κ3) is 3.95. The molecule has 0 radical (unpaired) electrons. The number of hydrogen-bond donors (Lipinski definition) is 0. The van der Waals surface area contributed by atoms with E-state index in [-0.39, 0.29) is 11.9 Å². The Bertz CT molecular complexity index is 284. The van der Waals surface area contributed by atoms with E-state index in [1.165, 1.54) is 38.6 Å². The van der Waals surface area contributed by atoms with Gasteiger partial charge in [0.25, 0.3) is 0 Å². The summed E-state index contributed by atoms with van der Waals surface area (Å²) in [5.41, 5.74) is 0. The fourth-order valence-electron chi connectivity index (χ4n) is 3.71. The Labute approximate surface area is 117 Å². The number of esters is 1. The van der Waals surface area contributed by atoms with Crippen LogP contribution in [0, 0.1) is 11.8 Å². The van der Waals surface area contributed by atoms with Crippen molar-refractivity contribution in [1.82, 2.24) is 4.90 Å². The van der Waals surface area contributed by atoms with E-state index in [1.54, 1.807) is 0 Å². The van der Waals surface area contributed by atoms with Gasteiger partial charge in [0.2, 0.25) is 0 Å². The van der Waals surface area contributed by atoms with Crippen LogP contribution in [0.2, 0.25) is 0 Å². The van der Waals surface area contributed by atoms with Crippen LogP contribution in [0.3, 0.4) is 0 Å². The molecule has 1 saturated carbocycles. The molecule has 1 saturated heterocycles. The Morgan fingerprint density at radius 3 is 2.53 bits per heavy atom. The Morgan fingerprint density at radius 1 is 1.16 bits per heavy atom. The molecule has 1 aliphatic carbocycles. The van der Waals surface area contributed by atoms with Crippen molar-refractivity contribution in [1.29, 1.82) is 0 Å². The molecule has 0 amide bonds. The molecule has 2 rings (SSSR count). The lowest BCUT2D eigenvalue weighted by Gasteiger charge is -2.40. The maximum atomic E-state index is 11.9. The second-order valence-electron chi connectivity index (χ2n) is 6.17. The van der Waals surface area contributed by atoms with Crippen LogP contribution in [0.5, 0.6) is 0 Å². The van der Waals surface area contributed by atoms with E-state index in [9.17, 15) is 4.79 Å². The normalized spacial score (nSPS) is 33.1. The minimum atomic E-state index is 0.0226. The number of carbonyl (C=O) groups is 1. The SMILES string of the molecule is CCOC(=O)C1CCCN(C2CCC(CC)CC2)C1. The monoisotopic (exact) mass is 267 g/mol. The van der Waals surface area contributed by atoms with Crippen molar-refractivity contribution >= 4 is 5.97 Å². The number of rotatable bonds is 4. The molecule has 2 fully saturated rings. The van der Waals surface area contributed by atoms with E-state index in [1.807, 2.05) is 6.92 Å². The van der Waals surface area contributed by atoms with Crippen LogP contribution < -0.4 is 0 Å². The van der Waals surface area contributed by atoms with Crippen molar-refractivity contribution in [2.24, 2.45) is 11.8 Å². The first-order valence-electron chi connectivity index (χ1n) is 8.15. The third-order valence-corrected chi connectivity index (χ3v) is 4.98. The number of nitrogens with zero attached hydrogens (tertiary/aromatic N) is 1. The van der Waals surface area contributed by atoms with Crippen molar-refractivity contribution in [3.63, 3.8) is 0 Å². The average molecular weight is 267 g/mol. The van der Waals surface area contributed by atoms with Gasteiger partial charge in [-0.1, -0.05) is 13.3 Å². The van der Waals surface area contributed by atoms with Crippen molar-refractivity contribution in [2.75, 3.05) is 19.7 Å². The Kier molecular flexibility index (Phi) is 5.68. The molecule has 0 bridgehead atoms. The summed E-state index contributed by atoms with van der Waals surface area (Å²) in [6.45, 7) is 6.82. The highest BCUT2D eigenvalue weighted by molar-refractivity contribution is 5.72. The molecule has 1 heterocycles. The van der Waals surface area contributed by atoms with Crippen LogP contribution in [0.1, 0.15) is 58.8 Å². The van der Waals surface area contributed by atoms with Crippen LogP contribution in [-0.4, -0.2) is 36.6 Å². The highest BCUT2D eigenvalue weighted by atomic mass is 16.5. The summed E-state index contributed by atoms with van der Waals surface area (Å²) in [6, 6.07) is 0.722. The zero-order chi connectivity index (χ0) is 13.7. The zero-order valence-corrected chi connectivity index (χ0v) is 12.6. The minimum Gasteiger partial charge on any atom is -0.466 e. The topological polar surface area (TPSA) is 29.5 Å². The second kappa shape index (κ2) is 7.28. The van der Waals surface area contributed by atoms with Crippen LogP contribution >= 0.6 is 0 Å². The van der Waals surface area contributed by atoms with Crippen LogP contribution in [0.4, 0.5) is 0 Å². The van der Waals surface area contributed by atoms with Gasteiger partial charge >= 0.3 is 5.97 Å². The van der Waals surface area contributed by atoms with Crippen molar-refractivity contribution < 1.29 is 9.53 Å². The summed E-state index contributed by atoms with van der Waals surface area (Å²) in [7, 11) is 0. The minimum absolute atomic E-state index is 0.0226. The molecule has 0 spiro atoms. The van der Waals surface area contributed by atoms with E-state index in [4.69, 9.17) is 4.74 Å². The Balaban J connectivity index is 1.82. The summed E-state index contributed by atoms with van der Waals surface area (Å²) >= 11 is 0. The smallest absolute Gasteiger partial charge is 0.310 e. The average Bonchev–Trinajstić information content (AvgIpc) is 2.48. The van der Waals surface area contributed by atoms with E-state index < -0.39 is 0 Å². The summed E-state index contributed by atoms with van der Waals surface area (Å²) in [4.78, 5) is 14.4. The predicted molar refractivity (Wildman–Crippen MR) is 77.0 cm³/mol. The van der Waals surface area contributed by atoms with Gasteiger partial charge < -0.3 is 4.74 Å². The lowest BCUT2D eigenvalue weighted by Crippen LogP contribution is -2.46. The van der Waals surface area contributed by atoms with E-state index in [0.29, 0.717) is 6.61 Å². The number of piperidine rings is 1. The van der Waals surface area contributed by atoms with E-state index in [2.05, 4.69) is 11.8 Å². The molecular formula is C16H29NO2. The maximum Gasteiger partial charge on any atom is 0.310 e. The molecule has 1 aliphatic heterocycles. The van der Waals surface area contributed by atoms with E-state index in [0.717, 1.165) is 31.3 Å². The first kappa shape index (κ1) is 14.8. The maximum absolute atomic E-state index is 11.9. The third-order valence-electron chi connectivity index (χ3n) is 4.98. The van der Waals surface area contributed by atoms with Gasteiger partial charge in [0, 0.05) is 12.6 Å². The van der Waals surface area contributed by atoms with Crippen LogP contribution in [0.25, 0.3) is 0 Å². The molecule has 0 aromatic rings. The van der Waals surface area contributed by atoms with Crippen molar-refractivity contribution in [3.8, 4) is 0 Å². The molecule has 3 nitrogen and oxygen atoms in total. The lowest BCUT2D eigenvalue weighted by molar-refractivity contribution is -0.150. The number of ether oxygens (including phenoxy) is 1. The number of hydrogen-bond acceptors (Lipinski definition) is 3. The van der Waals surface area contributed by atoms with Gasteiger partial charge in [0.05, 0.1) is 12.5 Å². The van der Waals surface area contributed by atoms with Gasteiger partial charge in [-0.2, -0.15) is 0 Å². The first-order chi connectivity index (χ1) is 9.24. The standard InChI is InChI=1S/C16H29NO2/c1-3-13-7-9-15(10-8-13)17-11-5-6-14(12-17)16(18)19-4-2/h13-15H,3-12H2,1-2H3. The molecule has 3 heteroatoms. The summed E-state index contributed by atoms with van der Waals surface area (Å²) in [5, 5.41) is 0. The molecule has 1 unspecified atom stereocenters. The highest BCUT2D eigenvalue weighted by Gasteiger charge is 2.32. The van der Waals surface area contributed by atoms with Gasteiger partial charge in [0.15, 0.2) is 0 Å². The molecule has 1 atom stereocenters. The van der Waals surface area contributed by atoms with Gasteiger partial charge in [-0.15, -0.1) is 0 Å². The zero-order valence-electron chi connectivity index (χ0n) is 12.6. The molecule has 2 aliphatic rings. The van der Waals surface area contributed by atoms with Crippen LogP contribution in [-0.2, 0) is 9.53 Å². The first-order valence-corrected chi connectivity index (χ1v) is 8.15. The number of likely N-dealkylation sites (tertiary alicyclic amines) is 1. The lowest BCUT2D eigenvalue weighted by atomic mass is 9.83. The van der Waals surface area contributed by atoms with Gasteiger partial charge in [-0.25, -0.2) is 0 Å². The van der Waals surface area contributed by atoms with Gasteiger partial charge in [0.1, 0.15) is 0 Å². The summed E-state index contributed by atoms with van der Waals surface area (Å²) < 4.78 is 5.19. The molecule has 0 aromatic heterocycles.